The highest BCUT2D eigenvalue weighted by molar-refractivity contribution is 7.17. The van der Waals surface area contributed by atoms with Crippen molar-refractivity contribution in [2.24, 2.45) is 0 Å². The van der Waals surface area contributed by atoms with Crippen molar-refractivity contribution in [1.82, 2.24) is 10.2 Å². The highest BCUT2D eigenvalue weighted by Crippen LogP contribution is 2.26. The van der Waals surface area contributed by atoms with Crippen LogP contribution in [-0.4, -0.2) is 21.0 Å². The van der Waals surface area contributed by atoms with Gasteiger partial charge in [0.15, 0.2) is 0 Å². The zero-order valence-electron chi connectivity index (χ0n) is 11.5. The molecule has 0 atom stereocenters. The van der Waals surface area contributed by atoms with Crippen molar-refractivity contribution in [3.05, 3.63) is 57.0 Å². The predicted molar refractivity (Wildman–Crippen MR) is 78.6 cm³/mol. The third kappa shape index (κ3) is 3.10. The van der Waals surface area contributed by atoms with Gasteiger partial charge in [0, 0.05) is 12.1 Å². The van der Waals surface area contributed by atoms with Gasteiger partial charge in [-0.1, -0.05) is 16.4 Å². The molecule has 0 aliphatic rings. The first-order valence-corrected chi connectivity index (χ1v) is 7.10. The van der Waals surface area contributed by atoms with Crippen molar-refractivity contribution in [2.45, 2.75) is 0 Å². The van der Waals surface area contributed by atoms with Crippen LogP contribution in [0.1, 0.15) is 9.67 Å². The number of nitrogens with zero attached hydrogens (tertiary/aromatic N) is 3. The fourth-order valence-electron chi connectivity index (χ4n) is 1.75. The quantitative estimate of drug-likeness (QED) is 0.570. The summed E-state index contributed by atoms with van der Waals surface area (Å²) in [5.41, 5.74) is -0.129. The largest absolute Gasteiger partial charge is 0.403 e. The lowest BCUT2D eigenvalue weighted by molar-refractivity contribution is -0.380. The summed E-state index contributed by atoms with van der Waals surface area (Å²) in [4.78, 5) is 22.0. The summed E-state index contributed by atoms with van der Waals surface area (Å²) in [6.45, 7) is 0. The molecule has 1 N–H and O–H groups in total. The van der Waals surface area contributed by atoms with Crippen LogP contribution in [0.3, 0.4) is 0 Å². The SMILES string of the molecule is O=C(Nc1nnc(-c2ccc(F)cc2F)o1)c1ccc([N+](=O)[O-])s1. The molecule has 0 saturated heterocycles. The lowest BCUT2D eigenvalue weighted by Gasteiger charge is -1.98. The van der Waals surface area contributed by atoms with Crippen LogP contribution in [0.4, 0.5) is 19.8 Å². The van der Waals surface area contributed by atoms with Crippen molar-refractivity contribution in [3.8, 4) is 11.5 Å². The third-order valence-corrected chi connectivity index (χ3v) is 3.84. The lowest BCUT2D eigenvalue weighted by atomic mass is 10.2. The Labute approximate surface area is 135 Å². The molecule has 0 aliphatic carbocycles. The molecule has 8 nitrogen and oxygen atoms in total. The number of benzene rings is 1. The topological polar surface area (TPSA) is 111 Å². The van der Waals surface area contributed by atoms with Crippen LogP contribution in [0.25, 0.3) is 11.5 Å². The van der Waals surface area contributed by atoms with E-state index in [9.17, 15) is 23.7 Å². The van der Waals surface area contributed by atoms with E-state index in [0.717, 1.165) is 12.1 Å². The Morgan fingerprint density at radius 1 is 1.25 bits per heavy atom. The van der Waals surface area contributed by atoms with E-state index in [-0.39, 0.29) is 27.3 Å². The van der Waals surface area contributed by atoms with Gasteiger partial charge in [0.25, 0.3) is 11.8 Å². The standard InChI is InChI=1S/C13H6F2N4O4S/c14-6-1-2-7(8(15)5-6)12-17-18-13(23-12)16-11(20)9-3-4-10(24-9)19(21)22/h1-5H,(H,16,18,20). The zero-order chi connectivity index (χ0) is 17.3. The second-order valence-electron chi connectivity index (χ2n) is 4.39. The number of nitrogens with one attached hydrogen (secondary N) is 1. The van der Waals surface area contributed by atoms with Crippen LogP contribution in [0, 0.1) is 21.7 Å². The second-order valence-corrected chi connectivity index (χ2v) is 5.45. The Kier molecular flexibility index (Phi) is 4.00. The maximum atomic E-state index is 13.6. The van der Waals surface area contributed by atoms with Crippen molar-refractivity contribution in [1.29, 1.82) is 0 Å². The van der Waals surface area contributed by atoms with E-state index >= 15 is 0 Å². The van der Waals surface area contributed by atoms with Crippen LogP contribution >= 0.6 is 11.3 Å². The normalized spacial score (nSPS) is 10.6. The summed E-state index contributed by atoms with van der Waals surface area (Å²) < 4.78 is 31.6. The smallest absolute Gasteiger partial charge is 0.324 e. The predicted octanol–water partition coefficient (Wildman–Crippen LogP) is 3.24. The number of amides is 1. The van der Waals surface area contributed by atoms with E-state index in [1.165, 1.54) is 12.1 Å². The number of hydrogen-bond donors (Lipinski definition) is 1. The highest BCUT2D eigenvalue weighted by atomic mass is 32.1. The summed E-state index contributed by atoms with van der Waals surface area (Å²) in [6.07, 6.45) is 0. The number of thiophene rings is 1. The number of rotatable bonds is 4. The minimum absolute atomic E-state index is 0.0643. The number of carbonyl (C=O) groups is 1. The molecule has 0 spiro atoms. The molecule has 3 aromatic rings. The van der Waals surface area contributed by atoms with E-state index in [1.54, 1.807) is 0 Å². The van der Waals surface area contributed by atoms with Crippen LogP contribution in [0.5, 0.6) is 0 Å². The minimum Gasteiger partial charge on any atom is -0.403 e. The molecule has 1 aromatic carbocycles. The number of carbonyl (C=O) groups excluding carboxylic acids is 1. The fraction of sp³-hybridized carbons (Fsp3) is 0. The highest BCUT2D eigenvalue weighted by Gasteiger charge is 2.19. The molecule has 0 bridgehead atoms. The van der Waals surface area contributed by atoms with Crippen LogP contribution in [0.15, 0.2) is 34.7 Å². The summed E-state index contributed by atoms with van der Waals surface area (Å²) in [6, 6.07) is 4.93. The molecular formula is C13H6F2N4O4S. The molecule has 3 rings (SSSR count). The van der Waals surface area contributed by atoms with E-state index in [1.807, 2.05) is 0 Å². The number of hydrogen-bond acceptors (Lipinski definition) is 7. The van der Waals surface area contributed by atoms with Crippen LogP contribution < -0.4 is 5.32 Å². The summed E-state index contributed by atoms with van der Waals surface area (Å²) in [5, 5.41) is 19.7. The molecule has 0 fully saturated rings. The molecule has 24 heavy (non-hydrogen) atoms. The second kappa shape index (κ2) is 6.12. The molecule has 0 aliphatic heterocycles. The van der Waals surface area contributed by atoms with Gasteiger partial charge in [0.2, 0.25) is 0 Å². The number of nitro groups is 1. The Morgan fingerprint density at radius 2 is 2.04 bits per heavy atom. The van der Waals surface area contributed by atoms with Gasteiger partial charge in [-0.15, -0.1) is 5.10 Å². The molecule has 0 saturated carbocycles. The van der Waals surface area contributed by atoms with Crippen LogP contribution in [-0.2, 0) is 0 Å². The van der Waals surface area contributed by atoms with E-state index in [4.69, 9.17) is 4.42 Å². The molecule has 122 valence electrons. The molecule has 2 aromatic heterocycles. The first-order chi connectivity index (χ1) is 11.4. The Morgan fingerprint density at radius 3 is 2.71 bits per heavy atom. The summed E-state index contributed by atoms with van der Waals surface area (Å²) in [7, 11) is 0. The molecule has 0 unspecified atom stereocenters. The fourth-order valence-corrected chi connectivity index (χ4v) is 2.47. The van der Waals surface area contributed by atoms with Crippen molar-refractivity contribution in [2.75, 3.05) is 5.32 Å². The average molecular weight is 352 g/mol. The van der Waals surface area contributed by atoms with Crippen molar-refractivity contribution < 1.29 is 22.9 Å². The molecule has 0 radical (unpaired) electrons. The van der Waals surface area contributed by atoms with E-state index in [2.05, 4.69) is 15.5 Å². The van der Waals surface area contributed by atoms with E-state index in [0.29, 0.717) is 17.4 Å². The van der Waals surface area contributed by atoms with Gasteiger partial charge >= 0.3 is 11.0 Å². The number of halogens is 2. The first kappa shape index (κ1) is 15.7. The van der Waals surface area contributed by atoms with Gasteiger partial charge in [-0.2, -0.15) is 0 Å². The first-order valence-electron chi connectivity index (χ1n) is 6.28. The van der Waals surface area contributed by atoms with Gasteiger partial charge in [-0.05, 0) is 18.2 Å². The average Bonchev–Trinajstić information content (AvgIpc) is 3.16. The zero-order valence-corrected chi connectivity index (χ0v) is 12.3. The Balaban J connectivity index is 1.78. The van der Waals surface area contributed by atoms with Gasteiger partial charge in [0.1, 0.15) is 11.6 Å². The van der Waals surface area contributed by atoms with Crippen molar-refractivity contribution in [3.63, 3.8) is 0 Å². The van der Waals surface area contributed by atoms with E-state index < -0.39 is 22.5 Å². The minimum atomic E-state index is -0.898. The number of anilines is 1. The monoisotopic (exact) mass is 352 g/mol. The molecule has 2 heterocycles. The van der Waals surface area contributed by atoms with Gasteiger partial charge < -0.3 is 4.42 Å². The van der Waals surface area contributed by atoms with Gasteiger partial charge in [-0.3, -0.25) is 20.2 Å². The van der Waals surface area contributed by atoms with Crippen molar-refractivity contribution >= 4 is 28.3 Å². The summed E-state index contributed by atoms with van der Waals surface area (Å²) in [5.74, 6) is -2.60. The van der Waals surface area contributed by atoms with Gasteiger partial charge in [0.05, 0.1) is 15.4 Å². The third-order valence-electron chi connectivity index (χ3n) is 2.80. The Hall–Kier alpha value is -3.21. The lowest BCUT2D eigenvalue weighted by Crippen LogP contribution is -2.10. The Bertz CT molecular complexity index is 940. The maximum absolute atomic E-state index is 13.6. The molecule has 1 amide bonds. The number of aromatic nitrogens is 2. The van der Waals surface area contributed by atoms with Crippen LogP contribution in [0.2, 0.25) is 0 Å². The molecule has 11 heteroatoms. The maximum Gasteiger partial charge on any atom is 0.324 e. The molecular weight excluding hydrogens is 346 g/mol. The van der Waals surface area contributed by atoms with Gasteiger partial charge in [-0.25, -0.2) is 8.78 Å². The summed E-state index contributed by atoms with van der Waals surface area (Å²) >= 11 is 0.673.